The van der Waals surface area contributed by atoms with Crippen molar-refractivity contribution in [2.24, 2.45) is 0 Å². The van der Waals surface area contributed by atoms with Gasteiger partial charge in [-0.2, -0.15) is 4.98 Å². The lowest BCUT2D eigenvalue weighted by Gasteiger charge is -2.37. The highest BCUT2D eigenvalue weighted by Crippen LogP contribution is 2.24. The molecule has 0 bridgehead atoms. The predicted octanol–water partition coefficient (Wildman–Crippen LogP) is 5.22. The van der Waals surface area contributed by atoms with Crippen LogP contribution in [0.2, 0.25) is 0 Å². The number of nitrogens with one attached hydrogen (secondary N) is 2. The molecule has 1 aliphatic heterocycles. The van der Waals surface area contributed by atoms with Crippen LogP contribution in [0.1, 0.15) is 30.1 Å². The smallest absolute Gasteiger partial charge is 0.297 e. The number of benzene rings is 2. The van der Waals surface area contributed by atoms with Crippen molar-refractivity contribution in [2.45, 2.75) is 25.8 Å². The van der Waals surface area contributed by atoms with Crippen LogP contribution in [0, 0.1) is 5.82 Å². The maximum atomic E-state index is 13.1. The third-order valence-electron chi connectivity index (χ3n) is 6.36. The number of carbonyl (C=O) groups is 1. The zero-order chi connectivity index (χ0) is 25.6. The molecule has 0 aliphatic carbocycles. The van der Waals surface area contributed by atoms with Crippen LogP contribution in [-0.2, 0) is 0 Å². The van der Waals surface area contributed by atoms with E-state index in [0.29, 0.717) is 42.5 Å². The predicted molar refractivity (Wildman–Crippen MR) is 140 cm³/mol. The van der Waals surface area contributed by atoms with E-state index in [4.69, 9.17) is 4.42 Å². The molecule has 0 atom stereocenters. The van der Waals surface area contributed by atoms with Crippen LogP contribution >= 0.6 is 0 Å². The molecule has 9 nitrogen and oxygen atoms in total. The molecule has 2 aromatic heterocycles. The lowest BCUT2D eigenvalue weighted by Crippen LogP contribution is -2.47. The van der Waals surface area contributed by atoms with Crippen LogP contribution in [-0.4, -0.2) is 51.4 Å². The molecular formula is C27H28FN7O2. The van der Waals surface area contributed by atoms with Crippen molar-refractivity contribution < 1.29 is 13.6 Å². The molecule has 0 radical (unpaired) electrons. The maximum Gasteiger partial charge on any atom is 0.297 e. The summed E-state index contributed by atoms with van der Waals surface area (Å²) in [4.78, 5) is 30.1. The van der Waals surface area contributed by atoms with Gasteiger partial charge in [-0.05, 0) is 74.4 Å². The molecule has 1 fully saturated rings. The summed E-state index contributed by atoms with van der Waals surface area (Å²) in [6.07, 6.45) is 6.60. The first-order valence-electron chi connectivity index (χ1n) is 12.3. The van der Waals surface area contributed by atoms with E-state index in [2.05, 4.69) is 37.4 Å². The fourth-order valence-corrected chi connectivity index (χ4v) is 4.47. The molecule has 4 aromatic rings. The van der Waals surface area contributed by atoms with Crippen molar-refractivity contribution in [2.75, 3.05) is 35.2 Å². The number of carbonyl (C=O) groups excluding carboxylic acids is 1. The Labute approximate surface area is 214 Å². The first-order chi connectivity index (χ1) is 18.1. The summed E-state index contributed by atoms with van der Waals surface area (Å²) < 4.78 is 18.6. The van der Waals surface area contributed by atoms with Gasteiger partial charge in [0.05, 0.1) is 6.20 Å². The van der Waals surface area contributed by atoms with Gasteiger partial charge >= 0.3 is 0 Å². The minimum atomic E-state index is -0.298. The van der Waals surface area contributed by atoms with Gasteiger partial charge in [-0.25, -0.2) is 14.4 Å². The fourth-order valence-electron chi connectivity index (χ4n) is 4.47. The number of hydrogen-bond donors (Lipinski definition) is 2. The van der Waals surface area contributed by atoms with Gasteiger partial charge in [-0.3, -0.25) is 4.79 Å². The Morgan fingerprint density at radius 2 is 1.70 bits per heavy atom. The van der Waals surface area contributed by atoms with E-state index < -0.39 is 0 Å². The highest BCUT2D eigenvalue weighted by molar-refractivity contribution is 5.94. The van der Waals surface area contributed by atoms with E-state index in [9.17, 15) is 9.18 Å². The summed E-state index contributed by atoms with van der Waals surface area (Å²) in [6, 6.07) is 16.0. The van der Waals surface area contributed by atoms with Crippen LogP contribution in [0.25, 0.3) is 0 Å². The average molecular weight is 502 g/mol. The summed E-state index contributed by atoms with van der Waals surface area (Å²) in [6.45, 7) is 4.26. The van der Waals surface area contributed by atoms with Gasteiger partial charge in [0.25, 0.3) is 11.9 Å². The molecule has 5 rings (SSSR count). The Kier molecular flexibility index (Phi) is 7.25. The Hall–Kier alpha value is -4.47. The van der Waals surface area contributed by atoms with Crippen LogP contribution < -0.4 is 15.5 Å². The standard InChI is InChI=1S/C27H28FN7O2/c1-2-35(27-30-15-18-37-27)23-12-16-34(17-13-23)25(36)19-3-7-22(8-4-19)32-26-29-14-11-24(33-26)31-21-9-5-20(28)6-10-21/h3-11,14-15,18,23H,2,12-13,16-17H2,1H3,(H2,29,31,32,33). The number of rotatable bonds is 8. The second kappa shape index (κ2) is 11.1. The molecule has 37 heavy (non-hydrogen) atoms. The normalized spacial score (nSPS) is 13.8. The van der Waals surface area contributed by atoms with E-state index in [1.165, 1.54) is 12.1 Å². The number of anilines is 5. The van der Waals surface area contributed by atoms with Gasteiger partial charge in [-0.1, -0.05) is 0 Å². The monoisotopic (exact) mass is 501 g/mol. The fraction of sp³-hybridized carbons (Fsp3) is 0.259. The molecule has 190 valence electrons. The summed E-state index contributed by atoms with van der Waals surface area (Å²) in [5, 5.41) is 6.28. The number of likely N-dealkylation sites (tertiary alicyclic amines) is 1. The minimum absolute atomic E-state index is 0.0194. The highest BCUT2D eigenvalue weighted by Gasteiger charge is 2.28. The zero-order valence-corrected chi connectivity index (χ0v) is 20.5. The third-order valence-corrected chi connectivity index (χ3v) is 6.36. The lowest BCUT2D eigenvalue weighted by molar-refractivity contribution is 0.0711. The second-order valence-corrected chi connectivity index (χ2v) is 8.72. The Morgan fingerprint density at radius 1 is 1.00 bits per heavy atom. The number of oxazole rings is 1. The van der Waals surface area contributed by atoms with Gasteiger partial charge < -0.3 is 24.9 Å². The lowest BCUT2D eigenvalue weighted by atomic mass is 10.0. The largest absolute Gasteiger partial charge is 0.432 e. The van der Waals surface area contributed by atoms with Crippen LogP contribution in [0.15, 0.2) is 77.7 Å². The van der Waals surface area contributed by atoms with Crippen molar-refractivity contribution in [3.63, 3.8) is 0 Å². The van der Waals surface area contributed by atoms with E-state index in [0.717, 1.165) is 30.8 Å². The molecule has 0 saturated carbocycles. The van der Waals surface area contributed by atoms with E-state index in [1.54, 1.807) is 36.9 Å². The molecule has 2 N–H and O–H groups in total. The minimum Gasteiger partial charge on any atom is -0.432 e. The number of hydrogen-bond acceptors (Lipinski definition) is 8. The number of aromatic nitrogens is 3. The Bertz CT molecular complexity index is 1310. The van der Waals surface area contributed by atoms with E-state index in [1.807, 2.05) is 29.2 Å². The number of piperidine rings is 1. The van der Waals surface area contributed by atoms with Gasteiger partial charge in [0.1, 0.15) is 17.9 Å². The summed E-state index contributed by atoms with van der Waals surface area (Å²) >= 11 is 0. The summed E-state index contributed by atoms with van der Waals surface area (Å²) in [7, 11) is 0. The molecule has 1 saturated heterocycles. The first kappa shape index (κ1) is 24.2. The van der Waals surface area contributed by atoms with Crippen molar-refractivity contribution in [3.8, 4) is 0 Å². The van der Waals surface area contributed by atoms with E-state index in [-0.39, 0.29) is 11.7 Å². The van der Waals surface area contributed by atoms with Crippen molar-refractivity contribution in [1.29, 1.82) is 0 Å². The van der Waals surface area contributed by atoms with Gasteiger partial charge in [0.2, 0.25) is 5.95 Å². The SMILES string of the molecule is CCN(c1ncco1)C1CCN(C(=O)c2ccc(Nc3nccc(Nc4ccc(F)cc4)n3)cc2)CC1. The number of halogens is 1. The third kappa shape index (κ3) is 5.85. The van der Waals surface area contributed by atoms with E-state index >= 15 is 0 Å². The molecule has 1 amide bonds. The average Bonchev–Trinajstić information content (AvgIpc) is 3.46. The molecule has 3 heterocycles. The highest BCUT2D eigenvalue weighted by atomic mass is 19.1. The maximum absolute atomic E-state index is 13.1. The molecule has 10 heteroatoms. The van der Waals surface area contributed by atoms with Crippen LogP contribution in [0.4, 0.5) is 33.5 Å². The second-order valence-electron chi connectivity index (χ2n) is 8.72. The van der Waals surface area contributed by atoms with Crippen molar-refractivity contribution in [1.82, 2.24) is 19.9 Å². The van der Waals surface area contributed by atoms with Crippen LogP contribution in [0.5, 0.6) is 0 Å². The van der Waals surface area contributed by atoms with Gasteiger partial charge in [-0.15, -0.1) is 0 Å². The quantitative estimate of drug-likeness (QED) is 0.339. The topological polar surface area (TPSA) is 99.4 Å². The molecule has 0 spiro atoms. The van der Waals surface area contributed by atoms with Gasteiger partial charge in [0.15, 0.2) is 0 Å². The van der Waals surface area contributed by atoms with Crippen LogP contribution in [0.3, 0.4) is 0 Å². The Balaban J connectivity index is 1.17. The molecule has 1 aliphatic rings. The first-order valence-corrected chi connectivity index (χ1v) is 12.3. The molecule has 0 unspecified atom stereocenters. The number of amides is 1. The summed E-state index contributed by atoms with van der Waals surface area (Å²) in [5.41, 5.74) is 2.12. The Morgan fingerprint density at radius 3 is 2.38 bits per heavy atom. The molecular weight excluding hydrogens is 473 g/mol. The molecule has 2 aromatic carbocycles. The van der Waals surface area contributed by atoms with Crippen molar-refractivity contribution in [3.05, 3.63) is 84.6 Å². The number of nitrogens with zero attached hydrogens (tertiary/aromatic N) is 5. The summed E-state index contributed by atoms with van der Waals surface area (Å²) in [5.74, 6) is 0.697. The van der Waals surface area contributed by atoms with Gasteiger partial charge in [0, 0.05) is 48.8 Å². The van der Waals surface area contributed by atoms with Crippen molar-refractivity contribution >= 4 is 35.1 Å². The zero-order valence-electron chi connectivity index (χ0n) is 20.5.